The fourth-order valence-corrected chi connectivity index (χ4v) is 28.3. The summed E-state index contributed by atoms with van der Waals surface area (Å²) in [4.78, 5) is 0. The van der Waals surface area contributed by atoms with Crippen LogP contribution in [0.1, 0.15) is 74.9 Å². The number of aromatic nitrogens is 3. The monoisotopic (exact) mass is 1940 g/mol. The van der Waals surface area contributed by atoms with Gasteiger partial charge < -0.3 is 18.1 Å². The summed E-state index contributed by atoms with van der Waals surface area (Å²) in [6.07, 6.45) is 0. The number of benzene rings is 23. The number of hydrogen-bond donors (Lipinski definition) is 0. The Hall–Kier alpha value is -17.8. The smallest absolute Gasteiger partial charge is 0.135 e. The number of furan rings is 1. The van der Waals surface area contributed by atoms with Gasteiger partial charge in [0.1, 0.15) is 11.2 Å². The molecule has 0 saturated heterocycles. The fraction of sp³-hybridized carbons (Fsp3) is 0.0629. The molecule has 0 amide bonds. The first-order valence-electron chi connectivity index (χ1n) is 51.9. The fourth-order valence-electron chi connectivity index (χ4n) is 25.7. The molecule has 4 nitrogen and oxygen atoms in total. The van der Waals surface area contributed by atoms with E-state index in [0.717, 1.165) is 11.2 Å². The highest BCUT2D eigenvalue weighted by Crippen LogP contribution is 2.59. The Balaban J connectivity index is 0.000000103. The van der Waals surface area contributed by atoms with Crippen LogP contribution in [0.5, 0.6) is 0 Å². The maximum atomic E-state index is 6.35. The molecule has 0 saturated carbocycles. The van der Waals surface area contributed by atoms with Crippen LogP contribution in [0.25, 0.3) is 266 Å². The lowest BCUT2D eigenvalue weighted by Crippen LogP contribution is -2.15. The van der Waals surface area contributed by atoms with Crippen LogP contribution >= 0.6 is 22.7 Å². The first-order valence-corrected chi connectivity index (χ1v) is 53.5. The molecule has 149 heavy (non-hydrogen) atoms. The average molecular weight is 1940 g/mol. The van der Waals surface area contributed by atoms with Crippen molar-refractivity contribution in [3.05, 3.63) is 513 Å². The topological polar surface area (TPSA) is 27.9 Å². The van der Waals surface area contributed by atoms with Crippen molar-refractivity contribution < 1.29 is 4.42 Å². The van der Waals surface area contributed by atoms with Crippen molar-refractivity contribution in [2.75, 3.05) is 0 Å². The summed E-state index contributed by atoms with van der Waals surface area (Å²) in [5.41, 5.74) is 43.6. The van der Waals surface area contributed by atoms with Crippen molar-refractivity contribution in [1.82, 2.24) is 13.7 Å². The molecule has 6 heterocycles. The van der Waals surface area contributed by atoms with Crippen molar-refractivity contribution in [1.29, 1.82) is 0 Å². The van der Waals surface area contributed by atoms with Gasteiger partial charge in [-0.15, -0.1) is 22.7 Å². The molecule has 0 unspecified atom stereocenters. The van der Waals surface area contributed by atoms with Gasteiger partial charge in [-0.05, 0) is 271 Å². The lowest BCUT2D eigenvalue weighted by atomic mass is 9.80. The Kier molecular flexibility index (Phi) is 19.3. The molecule has 6 aromatic heterocycles. The number of fused-ring (bicyclic) bond motifs is 32. The molecule has 0 bridgehead atoms. The highest BCUT2D eigenvalue weighted by atomic mass is 32.1. The van der Waals surface area contributed by atoms with Gasteiger partial charge in [0.2, 0.25) is 0 Å². The molecule has 0 spiro atoms. The Morgan fingerprint density at radius 2 is 0.517 bits per heavy atom. The Morgan fingerprint density at radius 3 is 1.01 bits per heavy atom. The predicted molar refractivity (Wildman–Crippen MR) is 636 cm³/mol. The highest BCUT2D eigenvalue weighted by molar-refractivity contribution is 7.26. The molecule has 23 aromatic carbocycles. The normalized spacial score (nSPS) is 13.5. The zero-order valence-electron chi connectivity index (χ0n) is 83.2. The van der Waals surface area contributed by atoms with E-state index in [0.29, 0.717) is 0 Å². The van der Waals surface area contributed by atoms with E-state index in [4.69, 9.17) is 4.42 Å². The maximum Gasteiger partial charge on any atom is 0.135 e. The van der Waals surface area contributed by atoms with E-state index < -0.39 is 0 Å². The van der Waals surface area contributed by atoms with E-state index in [2.05, 4.69) is 534 Å². The highest BCUT2D eigenvalue weighted by Gasteiger charge is 2.42. The first-order chi connectivity index (χ1) is 73.1. The number of para-hydroxylation sites is 2. The number of rotatable bonds is 9. The molecule has 0 aliphatic heterocycles. The van der Waals surface area contributed by atoms with Crippen LogP contribution in [0.3, 0.4) is 0 Å². The maximum absolute atomic E-state index is 6.35. The third kappa shape index (κ3) is 13.4. The summed E-state index contributed by atoms with van der Waals surface area (Å²) >= 11 is 3.86. The van der Waals surface area contributed by atoms with Crippen molar-refractivity contribution in [3.63, 3.8) is 0 Å². The molecule has 32 rings (SSSR count). The molecule has 0 fully saturated rings. The van der Waals surface area contributed by atoms with E-state index in [9.17, 15) is 0 Å². The minimum Gasteiger partial charge on any atom is -0.456 e. The van der Waals surface area contributed by atoms with Crippen LogP contribution in [0.2, 0.25) is 0 Å². The minimum atomic E-state index is -0.213. The van der Waals surface area contributed by atoms with Gasteiger partial charge in [-0.1, -0.05) is 393 Å². The van der Waals surface area contributed by atoms with Gasteiger partial charge in [0, 0.05) is 128 Å². The van der Waals surface area contributed by atoms with Crippen LogP contribution in [0, 0.1) is 0 Å². The van der Waals surface area contributed by atoms with Crippen LogP contribution < -0.4 is 0 Å². The van der Waals surface area contributed by atoms with Gasteiger partial charge in [-0.3, -0.25) is 0 Å². The quantitative estimate of drug-likeness (QED) is 0.142. The van der Waals surface area contributed by atoms with E-state index in [1.165, 1.54) is 289 Å². The van der Waals surface area contributed by atoms with Gasteiger partial charge in [0.15, 0.2) is 0 Å². The van der Waals surface area contributed by atoms with Gasteiger partial charge in [0.25, 0.3) is 0 Å². The third-order valence-electron chi connectivity index (χ3n) is 33.2. The van der Waals surface area contributed by atoms with E-state index in [1.54, 1.807) is 0 Å². The van der Waals surface area contributed by atoms with Crippen molar-refractivity contribution in [2.24, 2.45) is 0 Å². The van der Waals surface area contributed by atoms with Crippen molar-refractivity contribution in [2.45, 2.75) is 57.8 Å². The molecule has 0 N–H and O–H groups in total. The van der Waals surface area contributed by atoms with Gasteiger partial charge in [-0.2, -0.15) is 0 Å². The summed E-state index contributed by atoms with van der Waals surface area (Å²) < 4.78 is 19.3. The van der Waals surface area contributed by atoms with Gasteiger partial charge in [0.05, 0.1) is 33.1 Å². The second-order valence-electron chi connectivity index (χ2n) is 42.4. The standard InChI is InChI=1S/C51H35NS.C49H33NO.C43H29NS/c1-51(2)44-28-27-42-41-15-9-10-16-48(41)53-50(42)49(44)43-26-23-38(31-45(43)51)52-46-29-36(33-13-7-4-8-14-33)21-24-39(46)40-25-22-37(30-47(40)52)35-19-17-34(18-20-35)32-11-5-3-6-12-32;1-49(2)42-29-36(20-21-37(42)38-22-25-46-47(48(38)49)39-14-8-9-15-45(39)51-46)50-43-23-18-34(30-10-4-3-5-11-30)27-40(43)41-28-35(19-24-44(41)50)33-17-16-31-12-6-7-13-32(31)26-33;1-43(2)36-21-20-33-32-12-6-8-14-40(32)45-42(33)41(36)34-19-18-30(25-37(34)43)44-38-13-7-5-11-31(38)35-24-29(17-22-39(35)44)28-16-15-26-9-3-4-10-27(26)23-28/h3-31H,1-2H3;3-29H,1-2H3;3-25H,1-2H3. The second kappa shape index (κ2) is 33.1. The summed E-state index contributed by atoms with van der Waals surface area (Å²) in [6.45, 7) is 14.3. The van der Waals surface area contributed by atoms with Crippen LogP contribution in [0.15, 0.2) is 484 Å². The van der Waals surface area contributed by atoms with E-state index in [1.807, 2.05) is 22.7 Å². The van der Waals surface area contributed by atoms with Gasteiger partial charge >= 0.3 is 0 Å². The largest absolute Gasteiger partial charge is 0.456 e. The van der Waals surface area contributed by atoms with Crippen LogP contribution in [0.4, 0.5) is 0 Å². The lowest BCUT2D eigenvalue weighted by molar-refractivity contribution is 0.656. The molecule has 702 valence electrons. The molecule has 0 radical (unpaired) electrons. The molecule has 29 aromatic rings. The Morgan fingerprint density at radius 1 is 0.188 bits per heavy atom. The lowest BCUT2D eigenvalue weighted by Gasteiger charge is -2.23. The number of nitrogens with zero attached hydrogens (tertiary/aromatic N) is 3. The molecule has 0 atom stereocenters. The average Bonchev–Trinajstić information content (AvgIpc) is 1.55. The minimum absolute atomic E-state index is 0.0902. The summed E-state index contributed by atoms with van der Waals surface area (Å²) in [5.74, 6) is 0. The zero-order valence-corrected chi connectivity index (χ0v) is 84.8. The summed E-state index contributed by atoms with van der Waals surface area (Å²) in [7, 11) is 0. The van der Waals surface area contributed by atoms with Crippen LogP contribution in [-0.4, -0.2) is 13.7 Å². The number of hydrogen-bond acceptors (Lipinski definition) is 3. The Bertz CT molecular complexity index is 10700. The zero-order chi connectivity index (χ0) is 99.0. The number of thiophene rings is 2. The summed E-state index contributed by atoms with van der Waals surface area (Å²) in [6, 6.07) is 177. The van der Waals surface area contributed by atoms with Crippen molar-refractivity contribution >= 4 is 172 Å². The second-order valence-corrected chi connectivity index (χ2v) is 44.5. The van der Waals surface area contributed by atoms with Gasteiger partial charge in [-0.25, -0.2) is 0 Å². The third-order valence-corrected chi connectivity index (χ3v) is 35.6. The molecule has 3 aliphatic rings. The SMILES string of the molecule is CC1(C)c2cc(-n3c4cc(-c5ccccc5)ccc4c4ccc(-c5ccc(-c6ccccc6)cc5)cc43)ccc2-c2c1ccc1c2sc2ccccc21.CC1(C)c2cc(-n3c4ccc(-c5ccccc5)cc4c4cc(-c5ccc6ccccc6c5)ccc43)ccc2-c2ccc3oc4ccccc4c3c21.CC1(C)c2cc(-n3c4ccccc4c4cc(-c5ccc6ccccc6c5)ccc43)ccc2-c2c1ccc1c2sc2ccccc21. The van der Waals surface area contributed by atoms with E-state index in [-0.39, 0.29) is 16.2 Å². The molecular formula is C143H97N3OS2. The summed E-state index contributed by atoms with van der Waals surface area (Å²) in [5, 5.41) is 20.5. The van der Waals surface area contributed by atoms with E-state index >= 15 is 0 Å². The molecule has 6 heteroatoms. The first kappa shape index (κ1) is 86.7. The molecule has 3 aliphatic carbocycles. The Labute approximate surface area is 870 Å². The van der Waals surface area contributed by atoms with Crippen molar-refractivity contribution in [3.8, 4) is 117 Å². The predicted octanol–water partition coefficient (Wildman–Crippen LogP) is 40.2. The van der Waals surface area contributed by atoms with Crippen LogP contribution in [-0.2, 0) is 16.2 Å². The molecular weight excluding hydrogens is 1840 g/mol.